The van der Waals surface area contributed by atoms with Crippen molar-refractivity contribution in [3.05, 3.63) is 119 Å². The fraction of sp³-hybridized carbons (Fsp3) is 0.356. The van der Waals surface area contributed by atoms with Crippen LogP contribution in [0.25, 0.3) is 22.3 Å². The summed E-state index contributed by atoms with van der Waals surface area (Å²) in [7, 11) is 0. The lowest BCUT2D eigenvalue weighted by Gasteiger charge is -2.26. The van der Waals surface area contributed by atoms with Gasteiger partial charge in [-0.2, -0.15) is 0 Å². The van der Waals surface area contributed by atoms with Crippen LogP contribution in [-0.2, 0) is 33.3 Å². The molecule has 0 unspecified atom stereocenters. The van der Waals surface area contributed by atoms with Crippen LogP contribution >= 0.6 is 0 Å². The highest BCUT2D eigenvalue weighted by Crippen LogP contribution is 2.45. The Balaban J connectivity index is 1.04. The number of rotatable bonds is 16. The molecule has 3 N–H and O–H groups in total. The van der Waals surface area contributed by atoms with Crippen molar-refractivity contribution in [1.29, 1.82) is 0 Å². The van der Waals surface area contributed by atoms with Crippen molar-refractivity contribution in [2.24, 2.45) is 11.8 Å². The molecule has 298 valence electrons. The molecule has 0 bridgehead atoms. The van der Waals surface area contributed by atoms with E-state index in [9.17, 15) is 29.1 Å². The summed E-state index contributed by atoms with van der Waals surface area (Å²) in [6.07, 6.45) is -2.69. The molecular weight excluding hydrogens is 728 g/mol. The molecule has 5 atom stereocenters. The lowest BCUT2D eigenvalue weighted by Crippen LogP contribution is -2.49. The molecule has 12 heteroatoms. The molecule has 2 amide bonds. The predicted octanol–water partition coefficient (Wildman–Crippen LogP) is 7.43. The molecule has 0 saturated heterocycles. The molecule has 0 spiro atoms. The monoisotopic (exact) mass is 776 g/mol. The molecule has 0 aliphatic heterocycles. The Hall–Kier alpha value is -6.17. The van der Waals surface area contributed by atoms with Gasteiger partial charge in [-0.05, 0) is 56.3 Å². The van der Waals surface area contributed by atoms with Gasteiger partial charge in [-0.3, -0.25) is 0 Å². The first-order chi connectivity index (χ1) is 27.5. The number of nitrogens with one attached hydrogen (secondary N) is 2. The van der Waals surface area contributed by atoms with Gasteiger partial charge in [0.1, 0.15) is 31.9 Å². The average molecular weight is 777 g/mol. The van der Waals surface area contributed by atoms with Gasteiger partial charge < -0.3 is 34.7 Å². The highest BCUT2D eigenvalue weighted by atomic mass is 16.6. The molecule has 57 heavy (non-hydrogen) atoms. The van der Waals surface area contributed by atoms with Crippen molar-refractivity contribution in [3.63, 3.8) is 0 Å². The van der Waals surface area contributed by atoms with Gasteiger partial charge in [-0.25, -0.2) is 24.0 Å². The van der Waals surface area contributed by atoms with Gasteiger partial charge in [0.25, 0.3) is 0 Å². The van der Waals surface area contributed by atoms with Crippen LogP contribution in [0.2, 0.25) is 0 Å². The molecular formula is C45H48N2O10. The summed E-state index contributed by atoms with van der Waals surface area (Å²) in [6, 6.07) is 29.1. The first-order valence-electron chi connectivity index (χ1n) is 19.3. The fourth-order valence-electron chi connectivity index (χ4n) is 7.49. The second-order valence-electron chi connectivity index (χ2n) is 14.6. The number of alkyl carbamates (subject to hydrolysis) is 2. The third-order valence-corrected chi connectivity index (χ3v) is 11.1. The minimum Gasteiger partial charge on any atom is -0.478 e. The van der Waals surface area contributed by atoms with Crippen LogP contribution in [-0.4, -0.2) is 73.2 Å². The zero-order valence-electron chi connectivity index (χ0n) is 32.4. The minimum atomic E-state index is -1.90. The van der Waals surface area contributed by atoms with Crippen LogP contribution in [0.1, 0.15) is 74.6 Å². The van der Waals surface area contributed by atoms with Gasteiger partial charge in [-0.1, -0.05) is 138 Å². The maximum Gasteiger partial charge on any atom is 0.407 e. The largest absolute Gasteiger partial charge is 0.478 e. The number of carbonyl (C=O) groups is 5. The van der Waals surface area contributed by atoms with E-state index in [1.807, 2.05) is 104 Å². The van der Waals surface area contributed by atoms with Gasteiger partial charge in [0, 0.05) is 11.8 Å². The van der Waals surface area contributed by atoms with Crippen LogP contribution in [0.5, 0.6) is 0 Å². The Morgan fingerprint density at radius 2 is 0.912 bits per heavy atom. The fourth-order valence-corrected chi connectivity index (χ4v) is 7.49. The molecule has 0 radical (unpaired) electrons. The molecule has 12 nitrogen and oxygen atoms in total. The van der Waals surface area contributed by atoms with Crippen LogP contribution in [0, 0.1) is 11.8 Å². The van der Waals surface area contributed by atoms with E-state index in [2.05, 4.69) is 10.6 Å². The zero-order chi connectivity index (χ0) is 40.6. The topological polar surface area (TPSA) is 167 Å². The third-order valence-electron chi connectivity index (χ3n) is 11.1. The number of esters is 2. The maximum absolute atomic E-state index is 13.4. The summed E-state index contributed by atoms with van der Waals surface area (Å²) in [4.78, 5) is 65.2. The third kappa shape index (κ3) is 8.95. The van der Waals surface area contributed by atoms with E-state index < -0.39 is 66.7 Å². The number of carbonyl (C=O) groups excluding carboxylic acids is 4. The lowest BCUT2D eigenvalue weighted by molar-refractivity contribution is -0.173. The number of carboxylic acid groups (broad SMARTS) is 1. The summed E-state index contributed by atoms with van der Waals surface area (Å²) < 4.78 is 21.9. The average Bonchev–Trinajstić information content (AvgIpc) is 3.73. The van der Waals surface area contributed by atoms with Crippen molar-refractivity contribution >= 4 is 30.1 Å². The Morgan fingerprint density at radius 3 is 1.26 bits per heavy atom. The van der Waals surface area contributed by atoms with Crippen LogP contribution < -0.4 is 10.6 Å². The number of aliphatic carboxylic acids is 1. The van der Waals surface area contributed by atoms with Crippen LogP contribution in [0.3, 0.4) is 0 Å². The first-order valence-corrected chi connectivity index (χ1v) is 19.3. The number of carboxylic acids is 1. The van der Waals surface area contributed by atoms with Gasteiger partial charge >= 0.3 is 30.1 Å². The molecule has 4 aromatic rings. The van der Waals surface area contributed by atoms with E-state index in [1.54, 1.807) is 20.8 Å². The second-order valence-corrected chi connectivity index (χ2v) is 14.6. The van der Waals surface area contributed by atoms with Gasteiger partial charge in [0.05, 0.1) is 0 Å². The maximum atomic E-state index is 13.4. The summed E-state index contributed by atoms with van der Waals surface area (Å²) in [5.74, 6) is -4.80. The van der Waals surface area contributed by atoms with Gasteiger partial charge in [0.2, 0.25) is 6.10 Å². The van der Waals surface area contributed by atoms with E-state index in [4.69, 9.17) is 18.9 Å². The van der Waals surface area contributed by atoms with E-state index in [1.165, 1.54) is 0 Å². The Labute approximate surface area is 331 Å². The number of hydrogen-bond acceptors (Lipinski definition) is 9. The van der Waals surface area contributed by atoms with E-state index in [0.717, 1.165) is 44.5 Å². The van der Waals surface area contributed by atoms with Gasteiger partial charge in [0.15, 0.2) is 0 Å². The summed E-state index contributed by atoms with van der Waals surface area (Å²) in [6.45, 7) is 6.27. The Kier molecular flexibility index (Phi) is 12.9. The lowest BCUT2D eigenvalue weighted by atomic mass is 9.98. The molecule has 2 aliphatic carbocycles. The summed E-state index contributed by atoms with van der Waals surface area (Å²) >= 11 is 0. The quantitative estimate of drug-likeness (QED) is 0.0769. The predicted molar refractivity (Wildman–Crippen MR) is 211 cm³/mol. The van der Waals surface area contributed by atoms with Crippen LogP contribution in [0.4, 0.5) is 9.59 Å². The molecule has 0 saturated carbocycles. The normalized spacial score (nSPS) is 15.3. The summed E-state index contributed by atoms with van der Waals surface area (Å²) in [5.41, 5.74) is 8.37. The van der Waals surface area contributed by atoms with E-state index in [0.29, 0.717) is 12.8 Å². The number of ether oxygens (including phenoxy) is 4. The smallest absolute Gasteiger partial charge is 0.407 e. The van der Waals surface area contributed by atoms with Gasteiger partial charge in [-0.15, -0.1) is 0 Å². The highest BCUT2D eigenvalue weighted by molar-refractivity contribution is 5.86. The number of fused-ring (bicyclic) bond motifs is 6. The second kappa shape index (κ2) is 18.2. The van der Waals surface area contributed by atoms with Crippen molar-refractivity contribution in [3.8, 4) is 22.3 Å². The zero-order valence-corrected chi connectivity index (χ0v) is 32.4. The van der Waals surface area contributed by atoms with Crippen LogP contribution in [0.15, 0.2) is 97.1 Å². The number of hydrogen-bond donors (Lipinski definition) is 3. The summed E-state index contributed by atoms with van der Waals surface area (Å²) in [5, 5.41) is 15.1. The SMILES string of the molecule is CC[C@H](C)[C@H](NC(=O)OCC1c2ccccc2-c2ccccc21)C(=O)OC[C@@H](OC(=O)[C@@H](NC(=O)OCC1c2ccccc2-c2ccccc21)[C@@H](C)CC)C(=O)O. The van der Waals surface area contributed by atoms with Crippen molar-refractivity contribution in [1.82, 2.24) is 10.6 Å². The van der Waals surface area contributed by atoms with Crippen molar-refractivity contribution in [2.45, 2.75) is 70.6 Å². The standard InChI is InChI=1S/C45H48N2O10/c1-5-26(3)39(46-44(52)55-23-36-32-19-11-7-15-28(32)29-16-8-12-20-33(29)36)42(50)54-25-38(41(48)49)57-43(51)40(27(4)6-2)47-45(53)56-24-37-34-21-13-9-17-30(34)31-18-10-14-22-35(31)37/h7-22,26-27,36-40H,5-6,23-25H2,1-4H3,(H,46,52)(H,47,53)(H,48,49)/t26-,27-,38+,39-,40-/m0/s1. The molecule has 4 aromatic carbocycles. The first kappa shape index (κ1) is 40.5. The van der Waals surface area contributed by atoms with E-state index in [-0.39, 0.29) is 25.0 Å². The molecule has 6 rings (SSSR count). The van der Waals surface area contributed by atoms with Crippen molar-refractivity contribution in [2.75, 3.05) is 19.8 Å². The van der Waals surface area contributed by atoms with Crippen molar-refractivity contribution < 1.29 is 48.0 Å². The molecule has 0 fully saturated rings. The molecule has 2 aliphatic rings. The molecule has 0 heterocycles. The Bertz CT molecular complexity index is 2030. The van der Waals surface area contributed by atoms with E-state index >= 15 is 0 Å². The highest BCUT2D eigenvalue weighted by Gasteiger charge is 2.36. The minimum absolute atomic E-state index is 0.0112. The molecule has 0 aromatic heterocycles. The number of amides is 2. The Morgan fingerprint density at radius 1 is 0.561 bits per heavy atom. The number of benzene rings is 4.